The van der Waals surface area contributed by atoms with E-state index in [0.29, 0.717) is 13.1 Å². The molecule has 0 atom stereocenters. The Labute approximate surface area is 161 Å². The monoisotopic (exact) mass is 443 g/mol. The van der Waals surface area contributed by atoms with Crippen LogP contribution in [0.4, 0.5) is 0 Å². The Morgan fingerprint density at radius 2 is 1.76 bits per heavy atom. The van der Waals surface area contributed by atoms with Crippen molar-refractivity contribution in [3.63, 3.8) is 0 Å². The molecule has 0 radical (unpaired) electrons. The zero-order chi connectivity index (χ0) is 17.9. The first-order chi connectivity index (χ1) is 12.0. The minimum atomic E-state index is -3.55. The van der Waals surface area contributed by atoms with E-state index in [9.17, 15) is 8.42 Å². The normalized spacial score (nSPS) is 16.9. The predicted octanol–water partition coefficient (Wildman–Crippen LogP) is 3.05. The maximum absolute atomic E-state index is 12.8. The number of sulfonamides is 1. The van der Waals surface area contributed by atoms with Crippen LogP contribution in [-0.2, 0) is 16.4 Å². The smallest absolute Gasteiger partial charge is 0.244 e. The summed E-state index contributed by atoms with van der Waals surface area (Å²) in [5.74, 6) is 0. The quantitative estimate of drug-likeness (QED) is 0.711. The first-order valence-electron chi connectivity index (χ1n) is 8.03. The number of pyridine rings is 1. The van der Waals surface area contributed by atoms with E-state index in [-0.39, 0.29) is 9.92 Å². The number of piperazine rings is 1. The van der Waals surface area contributed by atoms with E-state index < -0.39 is 10.0 Å². The second-order valence-corrected chi connectivity index (χ2v) is 9.16. The molecular formula is C17H19BrClN3O2S. The van der Waals surface area contributed by atoms with E-state index >= 15 is 0 Å². The fourth-order valence-electron chi connectivity index (χ4n) is 2.85. The lowest BCUT2D eigenvalue weighted by molar-refractivity contribution is 0.190. The molecule has 1 fully saturated rings. The fraction of sp³-hybridized carbons (Fsp3) is 0.353. The molecule has 0 N–H and O–H groups in total. The molecular weight excluding hydrogens is 426 g/mol. The maximum atomic E-state index is 12.8. The number of hydrogen-bond donors (Lipinski definition) is 0. The average molecular weight is 445 g/mol. The molecule has 1 aromatic heterocycles. The van der Waals surface area contributed by atoms with E-state index in [1.807, 2.05) is 12.1 Å². The minimum absolute atomic E-state index is 0.169. The number of hydrogen-bond acceptors (Lipinski definition) is 4. The van der Waals surface area contributed by atoms with Crippen molar-refractivity contribution in [1.29, 1.82) is 0 Å². The molecule has 1 saturated heterocycles. The molecule has 2 aromatic rings. The highest BCUT2D eigenvalue weighted by Crippen LogP contribution is 2.28. The van der Waals surface area contributed by atoms with Crippen LogP contribution in [0, 0.1) is 0 Å². The summed E-state index contributed by atoms with van der Waals surface area (Å²) in [4.78, 5) is 6.47. The highest BCUT2D eigenvalue weighted by molar-refractivity contribution is 9.10. The SMILES string of the molecule is O=S(=O)(c1ccc(Br)cc1Cl)N1CCN(CCc2ccncc2)CC1. The Kier molecular flexibility index (Phi) is 6.12. The van der Waals surface area contributed by atoms with Crippen LogP contribution in [0.15, 0.2) is 52.1 Å². The van der Waals surface area contributed by atoms with Gasteiger partial charge < -0.3 is 4.90 Å². The average Bonchev–Trinajstić information content (AvgIpc) is 2.61. The zero-order valence-electron chi connectivity index (χ0n) is 13.6. The van der Waals surface area contributed by atoms with Gasteiger partial charge in [0.1, 0.15) is 4.90 Å². The van der Waals surface area contributed by atoms with Crippen molar-refractivity contribution >= 4 is 37.6 Å². The number of rotatable bonds is 5. The summed E-state index contributed by atoms with van der Waals surface area (Å²) in [5.41, 5.74) is 1.24. The Bertz CT molecular complexity index is 825. The highest BCUT2D eigenvalue weighted by atomic mass is 79.9. The van der Waals surface area contributed by atoms with Crippen LogP contribution in [0.2, 0.25) is 5.02 Å². The van der Waals surface area contributed by atoms with Gasteiger partial charge in [-0.2, -0.15) is 4.31 Å². The van der Waals surface area contributed by atoms with Gasteiger partial charge in [-0.25, -0.2) is 8.42 Å². The standard InChI is InChI=1S/C17H19BrClN3O2S/c18-15-1-2-17(16(19)13-15)25(23,24)22-11-9-21(10-12-22)8-5-14-3-6-20-7-4-14/h1-4,6-7,13H,5,8-12H2. The van der Waals surface area contributed by atoms with E-state index in [1.165, 1.54) is 9.87 Å². The summed E-state index contributed by atoms with van der Waals surface area (Å²) >= 11 is 9.43. The molecule has 3 rings (SSSR count). The van der Waals surface area contributed by atoms with Crippen LogP contribution in [0.5, 0.6) is 0 Å². The van der Waals surface area contributed by atoms with E-state index in [4.69, 9.17) is 11.6 Å². The number of aromatic nitrogens is 1. The van der Waals surface area contributed by atoms with Crippen molar-refractivity contribution in [3.05, 3.63) is 57.8 Å². The number of benzene rings is 1. The fourth-order valence-corrected chi connectivity index (χ4v) is 5.29. The van der Waals surface area contributed by atoms with Crippen molar-refractivity contribution in [1.82, 2.24) is 14.2 Å². The van der Waals surface area contributed by atoms with E-state index in [0.717, 1.165) is 30.5 Å². The largest absolute Gasteiger partial charge is 0.300 e. The van der Waals surface area contributed by atoms with Crippen LogP contribution in [-0.4, -0.2) is 55.3 Å². The second kappa shape index (κ2) is 8.14. The minimum Gasteiger partial charge on any atom is -0.300 e. The highest BCUT2D eigenvalue weighted by Gasteiger charge is 2.29. The molecule has 2 heterocycles. The molecule has 0 aliphatic carbocycles. The third-order valence-corrected chi connectivity index (χ3v) is 7.18. The van der Waals surface area contributed by atoms with Gasteiger partial charge in [0.2, 0.25) is 10.0 Å². The zero-order valence-corrected chi connectivity index (χ0v) is 16.8. The summed E-state index contributed by atoms with van der Waals surface area (Å²) in [6.07, 6.45) is 4.53. The van der Waals surface area contributed by atoms with Crippen LogP contribution in [0.3, 0.4) is 0 Å². The molecule has 0 saturated carbocycles. The Balaban J connectivity index is 1.59. The summed E-state index contributed by atoms with van der Waals surface area (Å²) in [7, 11) is -3.55. The molecule has 5 nitrogen and oxygen atoms in total. The van der Waals surface area contributed by atoms with Crippen LogP contribution in [0.25, 0.3) is 0 Å². The molecule has 0 spiro atoms. The lowest BCUT2D eigenvalue weighted by Gasteiger charge is -2.34. The van der Waals surface area contributed by atoms with Crippen molar-refractivity contribution in [2.75, 3.05) is 32.7 Å². The van der Waals surface area contributed by atoms with Crippen molar-refractivity contribution in [3.8, 4) is 0 Å². The van der Waals surface area contributed by atoms with Gasteiger partial charge in [0.05, 0.1) is 5.02 Å². The first kappa shape index (κ1) is 18.8. The van der Waals surface area contributed by atoms with Gasteiger partial charge in [-0.1, -0.05) is 27.5 Å². The lowest BCUT2D eigenvalue weighted by atomic mass is 10.2. The lowest BCUT2D eigenvalue weighted by Crippen LogP contribution is -2.49. The van der Waals surface area contributed by atoms with Gasteiger partial charge in [0, 0.05) is 49.6 Å². The molecule has 134 valence electrons. The van der Waals surface area contributed by atoms with Crippen molar-refractivity contribution in [2.24, 2.45) is 0 Å². The Hall–Kier alpha value is -0.990. The summed E-state index contributed by atoms with van der Waals surface area (Å²) < 4.78 is 27.9. The summed E-state index contributed by atoms with van der Waals surface area (Å²) in [6.45, 7) is 3.31. The van der Waals surface area contributed by atoms with E-state index in [1.54, 1.807) is 30.6 Å². The van der Waals surface area contributed by atoms with Crippen LogP contribution in [0.1, 0.15) is 5.56 Å². The molecule has 1 aromatic carbocycles. The first-order valence-corrected chi connectivity index (χ1v) is 10.6. The van der Waals surface area contributed by atoms with Gasteiger partial charge >= 0.3 is 0 Å². The third-order valence-electron chi connectivity index (χ3n) is 4.31. The van der Waals surface area contributed by atoms with Crippen molar-refractivity contribution in [2.45, 2.75) is 11.3 Å². The van der Waals surface area contributed by atoms with Gasteiger partial charge in [-0.3, -0.25) is 4.98 Å². The summed E-state index contributed by atoms with van der Waals surface area (Å²) in [6, 6.07) is 8.88. The van der Waals surface area contributed by atoms with E-state index in [2.05, 4.69) is 25.8 Å². The third kappa shape index (κ3) is 4.60. The summed E-state index contributed by atoms with van der Waals surface area (Å²) in [5, 5.41) is 0.245. The molecule has 0 unspecified atom stereocenters. The predicted molar refractivity (Wildman–Crippen MR) is 102 cm³/mol. The van der Waals surface area contributed by atoms with Crippen LogP contribution < -0.4 is 0 Å². The van der Waals surface area contributed by atoms with Gasteiger partial charge in [0.15, 0.2) is 0 Å². The Morgan fingerprint density at radius 3 is 2.40 bits per heavy atom. The molecule has 0 bridgehead atoms. The van der Waals surface area contributed by atoms with Gasteiger partial charge in [-0.05, 0) is 42.3 Å². The van der Waals surface area contributed by atoms with Gasteiger partial charge in [-0.15, -0.1) is 0 Å². The Morgan fingerprint density at radius 1 is 1.08 bits per heavy atom. The molecule has 0 amide bonds. The van der Waals surface area contributed by atoms with Gasteiger partial charge in [0.25, 0.3) is 0 Å². The molecule has 8 heteroatoms. The number of nitrogens with zero attached hydrogens (tertiary/aromatic N) is 3. The molecule has 1 aliphatic rings. The topological polar surface area (TPSA) is 53.5 Å². The molecule has 25 heavy (non-hydrogen) atoms. The second-order valence-electron chi connectivity index (χ2n) is 5.93. The maximum Gasteiger partial charge on any atom is 0.244 e. The van der Waals surface area contributed by atoms with Crippen molar-refractivity contribution < 1.29 is 8.42 Å². The number of halogens is 2. The van der Waals surface area contributed by atoms with Crippen LogP contribution >= 0.6 is 27.5 Å². The molecule has 1 aliphatic heterocycles.